The first kappa shape index (κ1) is 15.8. The fourth-order valence-corrected chi connectivity index (χ4v) is 2.30. The number of primary amides is 1. The Morgan fingerprint density at radius 2 is 2.09 bits per heavy atom. The molecular weight excluding hydrogens is 286 g/mol. The lowest BCUT2D eigenvalue weighted by Gasteiger charge is -2.18. The van der Waals surface area contributed by atoms with Crippen molar-refractivity contribution in [2.75, 3.05) is 7.11 Å². The first-order valence-corrected chi connectivity index (χ1v) is 7.01. The van der Waals surface area contributed by atoms with Gasteiger partial charge in [0.1, 0.15) is 17.8 Å². The summed E-state index contributed by atoms with van der Waals surface area (Å²) in [5.74, 6) is -0.459. The van der Waals surface area contributed by atoms with Crippen LogP contribution in [0.25, 0.3) is 0 Å². The van der Waals surface area contributed by atoms with Crippen LogP contribution in [0.1, 0.15) is 18.4 Å². The highest BCUT2D eigenvalue weighted by molar-refractivity contribution is 5.93. The van der Waals surface area contributed by atoms with Gasteiger partial charge in [0.2, 0.25) is 17.7 Å². The molecule has 7 nitrogen and oxygen atoms in total. The summed E-state index contributed by atoms with van der Waals surface area (Å²) >= 11 is 0. The normalized spacial score (nSPS) is 18.4. The average Bonchev–Trinajstić information content (AvgIpc) is 2.94. The van der Waals surface area contributed by atoms with Crippen LogP contribution in [0.5, 0.6) is 5.75 Å². The molecule has 1 aromatic rings. The molecule has 0 aliphatic carbocycles. The molecule has 3 amide bonds. The van der Waals surface area contributed by atoms with Gasteiger partial charge in [0.05, 0.1) is 7.11 Å². The molecule has 1 fully saturated rings. The monoisotopic (exact) mass is 305 g/mol. The molecule has 1 aliphatic rings. The number of benzene rings is 1. The van der Waals surface area contributed by atoms with E-state index in [2.05, 4.69) is 10.6 Å². The lowest BCUT2D eigenvalue weighted by atomic mass is 10.0. The van der Waals surface area contributed by atoms with Gasteiger partial charge in [-0.05, 0) is 24.1 Å². The minimum absolute atomic E-state index is 0.161. The summed E-state index contributed by atoms with van der Waals surface area (Å²) in [5, 5.41) is 5.15. The third-order valence-corrected chi connectivity index (χ3v) is 3.57. The first-order chi connectivity index (χ1) is 10.5. The van der Waals surface area contributed by atoms with Crippen LogP contribution < -0.4 is 21.1 Å². The van der Waals surface area contributed by atoms with Crippen LogP contribution in [-0.2, 0) is 20.8 Å². The summed E-state index contributed by atoms with van der Waals surface area (Å²) in [5.41, 5.74) is 6.20. The minimum Gasteiger partial charge on any atom is -0.497 e. The van der Waals surface area contributed by atoms with Gasteiger partial charge in [-0.25, -0.2) is 0 Å². The van der Waals surface area contributed by atoms with E-state index >= 15 is 0 Å². The smallest absolute Gasteiger partial charge is 0.243 e. The molecule has 4 N–H and O–H groups in total. The summed E-state index contributed by atoms with van der Waals surface area (Å²) in [7, 11) is 1.57. The van der Waals surface area contributed by atoms with Gasteiger partial charge in [-0.2, -0.15) is 0 Å². The van der Waals surface area contributed by atoms with E-state index in [4.69, 9.17) is 10.5 Å². The van der Waals surface area contributed by atoms with Gasteiger partial charge in [0, 0.05) is 12.8 Å². The van der Waals surface area contributed by atoms with Crippen molar-refractivity contribution in [3.8, 4) is 5.75 Å². The highest BCUT2D eigenvalue weighted by Crippen LogP contribution is 2.13. The quantitative estimate of drug-likeness (QED) is 0.657. The Balaban J connectivity index is 1.98. The third kappa shape index (κ3) is 3.97. The van der Waals surface area contributed by atoms with Gasteiger partial charge < -0.3 is 21.1 Å². The van der Waals surface area contributed by atoms with Crippen LogP contribution in [0, 0.1) is 0 Å². The van der Waals surface area contributed by atoms with Crippen LogP contribution in [0.4, 0.5) is 0 Å². The maximum atomic E-state index is 12.0. The van der Waals surface area contributed by atoms with E-state index in [1.54, 1.807) is 31.4 Å². The van der Waals surface area contributed by atoms with Crippen LogP contribution in [0.3, 0.4) is 0 Å². The van der Waals surface area contributed by atoms with E-state index in [0.717, 1.165) is 5.56 Å². The molecule has 0 spiro atoms. The van der Waals surface area contributed by atoms with Crippen LogP contribution >= 0.6 is 0 Å². The molecule has 2 atom stereocenters. The Morgan fingerprint density at radius 1 is 1.41 bits per heavy atom. The molecule has 1 aromatic carbocycles. The molecule has 2 rings (SSSR count). The highest BCUT2D eigenvalue weighted by Gasteiger charge is 2.29. The Labute approximate surface area is 128 Å². The largest absolute Gasteiger partial charge is 0.497 e. The van der Waals surface area contributed by atoms with Gasteiger partial charge in [0.15, 0.2) is 0 Å². The fraction of sp³-hybridized carbons (Fsp3) is 0.400. The summed E-state index contributed by atoms with van der Waals surface area (Å²) in [6, 6.07) is 5.73. The second-order valence-corrected chi connectivity index (χ2v) is 5.17. The summed E-state index contributed by atoms with van der Waals surface area (Å²) < 4.78 is 5.06. The van der Waals surface area contributed by atoms with Gasteiger partial charge in [-0.1, -0.05) is 12.1 Å². The van der Waals surface area contributed by atoms with Crippen molar-refractivity contribution in [1.82, 2.24) is 10.6 Å². The fourth-order valence-electron chi connectivity index (χ4n) is 2.30. The third-order valence-electron chi connectivity index (χ3n) is 3.57. The summed E-state index contributed by atoms with van der Waals surface area (Å²) in [6.07, 6.45) is 1.03. The molecule has 1 saturated heterocycles. The lowest BCUT2D eigenvalue weighted by molar-refractivity contribution is -0.129. The number of rotatable bonds is 6. The van der Waals surface area contributed by atoms with Crippen molar-refractivity contribution in [2.45, 2.75) is 31.3 Å². The zero-order chi connectivity index (χ0) is 16.1. The Kier molecular flexibility index (Phi) is 4.98. The standard InChI is InChI=1S/C15H19N3O4/c1-22-10-4-2-9(3-5-10)8-12(14(16)20)18-15(21)11-6-7-13(19)17-11/h2-5,11-12H,6-8H2,1H3,(H2,16,20)(H,17,19)(H,18,21)/t11-,12+/m1/s1. The topological polar surface area (TPSA) is 111 Å². The molecular formula is C15H19N3O4. The van der Waals surface area contributed by atoms with Crippen LogP contribution in [0.15, 0.2) is 24.3 Å². The van der Waals surface area contributed by atoms with E-state index in [9.17, 15) is 14.4 Å². The Morgan fingerprint density at radius 3 is 2.59 bits per heavy atom. The highest BCUT2D eigenvalue weighted by atomic mass is 16.5. The molecule has 0 aromatic heterocycles. The van der Waals surface area contributed by atoms with Crippen molar-refractivity contribution in [1.29, 1.82) is 0 Å². The number of methoxy groups -OCH3 is 1. The Hall–Kier alpha value is -2.57. The Bertz CT molecular complexity index is 571. The number of amides is 3. The molecule has 1 aliphatic heterocycles. The SMILES string of the molecule is COc1ccc(C[C@H](NC(=O)[C@H]2CCC(=O)N2)C(N)=O)cc1. The van der Waals surface area contributed by atoms with Gasteiger partial charge >= 0.3 is 0 Å². The van der Waals surface area contributed by atoms with E-state index in [1.165, 1.54) is 0 Å². The van der Waals surface area contributed by atoms with Crippen molar-refractivity contribution in [2.24, 2.45) is 5.73 Å². The average molecular weight is 305 g/mol. The second kappa shape index (κ2) is 6.93. The predicted molar refractivity (Wildman–Crippen MR) is 79.0 cm³/mol. The van der Waals surface area contributed by atoms with Gasteiger partial charge in [-0.15, -0.1) is 0 Å². The lowest BCUT2D eigenvalue weighted by Crippen LogP contribution is -2.51. The van der Waals surface area contributed by atoms with Crippen molar-refractivity contribution in [3.63, 3.8) is 0 Å². The summed E-state index contributed by atoms with van der Waals surface area (Å²) in [4.78, 5) is 34.7. The first-order valence-electron chi connectivity index (χ1n) is 7.01. The zero-order valence-electron chi connectivity index (χ0n) is 12.3. The number of nitrogens with one attached hydrogen (secondary N) is 2. The molecule has 22 heavy (non-hydrogen) atoms. The van der Waals surface area contributed by atoms with Crippen molar-refractivity contribution < 1.29 is 19.1 Å². The van der Waals surface area contributed by atoms with Crippen molar-refractivity contribution >= 4 is 17.7 Å². The molecule has 0 saturated carbocycles. The molecule has 0 bridgehead atoms. The molecule has 1 heterocycles. The molecule has 118 valence electrons. The van der Waals surface area contributed by atoms with Crippen molar-refractivity contribution in [3.05, 3.63) is 29.8 Å². The number of ether oxygens (including phenoxy) is 1. The number of carbonyl (C=O) groups excluding carboxylic acids is 3. The van der Waals surface area contributed by atoms with E-state index in [0.29, 0.717) is 18.6 Å². The maximum Gasteiger partial charge on any atom is 0.243 e. The summed E-state index contributed by atoms with van der Waals surface area (Å²) in [6.45, 7) is 0. The zero-order valence-corrected chi connectivity index (χ0v) is 12.3. The predicted octanol–water partition coefficient (Wildman–Crippen LogP) is -0.514. The molecule has 7 heteroatoms. The number of carbonyl (C=O) groups is 3. The van der Waals surface area contributed by atoms with E-state index < -0.39 is 18.0 Å². The van der Waals surface area contributed by atoms with Gasteiger partial charge in [-0.3, -0.25) is 14.4 Å². The minimum atomic E-state index is -0.821. The number of hydrogen-bond donors (Lipinski definition) is 3. The van der Waals surface area contributed by atoms with Crippen LogP contribution in [-0.4, -0.2) is 36.9 Å². The number of nitrogens with two attached hydrogens (primary N) is 1. The molecule has 0 unspecified atom stereocenters. The van der Waals surface area contributed by atoms with Gasteiger partial charge in [0.25, 0.3) is 0 Å². The maximum absolute atomic E-state index is 12.0. The second-order valence-electron chi connectivity index (χ2n) is 5.17. The molecule has 0 radical (unpaired) electrons. The van der Waals surface area contributed by atoms with Crippen LogP contribution in [0.2, 0.25) is 0 Å². The van der Waals surface area contributed by atoms with E-state index in [1.807, 2.05) is 0 Å². The number of hydrogen-bond acceptors (Lipinski definition) is 4. The van der Waals surface area contributed by atoms with E-state index in [-0.39, 0.29) is 18.2 Å².